The number of likely N-dealkylation sites (tertiary alicyclic amines) is 1. The summed E-state index contributed by atoms with van der Waals surface area (Å²) in [5.41, 5.74) is 3.39. The van der Waals surface area contributed by atoms with E-state index >= 15 is 0 Å². The van der Waals surface area contributed by atoms with Gasteiger partial charge in [0.25, 0.3) is 0 Å². The standard InChI is InChI=1S/C22H29N3O2/c1-17-5-3-7-19(23-17)15-25-11-9-22(10-12-25)14-20(16-27-22)24-18-6-4-8-21(13-18)26-2/h3-8,13,20,24H,9-12,14-16H2,1-2H3/t20-/m1/s1. The zero-order valence-corrected chi connectivity index (χ0v) is 16.3. The molecule has 5 heteroatoms. The Morgan fingerprint density at radius 2 is 2.04 bits per heavy atom. The molecule has 1 spiro atoms. The van der Waals surface area contributed by atoms with Crippen molar-refractivity contribution in [3.8, 4) is 5.75 Å². The van der Waals surface area contributed by atoms with Crippen LogP contribution in [-0.4, -0.2) is 48.3 Å². The Balaban J connectivity index is 1.30. The van der Waals surface area contributed by atoms with E-state index in [0.717, 1.165) is 68.3 Å². The van der Waals surface area contributed by atoms with Crippen LogP contribution in [-0.2, 0) is 11.3 Å². The molecule has 5 nitrogen and oxygen atoms in total. The van der Waals surface area contributed by atoms with Crippen molar-refractivity contribution in [3.63, 3.8) is 0 Å². The smallest absolute Gasteiger partial charge is 0.120 e. The lowest BCUT2D eigenvalue weighted by Crippen LogP contribution is -2.44. The first-order chi connectivity index (χ1) is 13.1. The average molecular weight is 367 g/mol. The lowest BCUT2D eigenvalue weighted by molar-refractivity contribution is -0.0449. The monoisotopic (exact) mass is 367 g/mol. The number of hydrogen-bond acceptors (Lipinski definition) is 5. The van der Waals surface area contributed by atoms with Gasteiger partial charge in [-0.3, -0.25) is 9.88 Å². The lowest BCUT2D eigenvalue weighted by Gasteiger charge is -2.38. The van der Waals surface area contributed by atoms with Crippen molar-refractivity contribution in [1.29, 1.82) is 0 Å². The largest absolute Gasteiger partial charge is 0.497 e. The molecule has 2 fully saturated rings. The van der Waals surface area contributed by atoms with Crippen LogP contribution in [0.4, 0.5) is 5.69 Å². The molecule has 0 radical (unpaired) electrons. The molecule has 2 aliphatic rings. The molecule has 4 rings (SSSR count). The molecule has 27 heavy (non-hydrogen) atoms. The highest BCUT2D eigenvalue weighted by molar-refractivity contribution is 5.49. The maximum Gasteiger partial charge on any atom is 0.120 e. The fourth-order valence-electron chi connectivity index (χ4n) is 4.27. The third kappa shape index (κ3) is 4.42. The number of aryl methyl sites for hydroxylation is 1. The summed E-state index contributed by atoms with van der Waals surface area (Å²) in [7, 11) is 1.70. The van der Waals surface area contributed by atoms with E-state index in [1.165, 1.54) is 0 Å². The predicted molar refractivity (Wildman–Crippen MR) is 107 cm³/mol. The van der Waals surface area contributed by atoms with Crippen molar-refractivity contribution in [2.24, 2.45) is 0 Å². The third-order valence-corrected chi connectivity index (χ3v) is 5.75. The number of benzene rings is 1. The minimum Gasteiger partial charge on any atom is -0.497 e. The molecule has 1 aromatic heterocycles. The molecular formula is C22H29N3O2. The normalized spacial score (nSPS) is 22.1. The van der Waals surface area contributed by atoms with Crippen LogP contribution in [0.25, 0.3) is 0 Å². The molecule has 2 aromatic rings. The van der Waals surface area contributed by atoms with Crippen molar-refractivity contribution in [1.82, 2.24) is 9.88 Å². The quantitative estimate of drug-likeness (QED) is 0.874. The van der Waals surface area contributed by atoms with Crippen molar-refractivity contribution < 1.29 is 9.47 Å². The molecule has 2 saturated heterocycles. The lowest BCUT2D eigenvalue weighted by atomic mass is 9.87. The average Bonchev–Trinajstić information content (AvgIpc) is 3.06. The predicted octanol–water partition coefficient (Wildman–Crippen LogP) is 3.63. The maximum absolute atomic E-state index is 6.30. The van der Waals surface area contributed by atoms with E-state index in [1.807, 2.05) is 18.2 Å². The number of rotatable bonds is 5. The Hall–Kier alpha value is -2.11. The number of anilines is 1. The van der Waals surface area contributed by atoms with Gasteiger partial charge in [0, 0.05) is 37.1 Å². The van der Waals surface area contributed by atoms with Gasteiger partial charge in [-0.15, -0.1) is 0 Å². The molecule has 1 atom stereocenters. The number of aromatic nitrogens is 1. The molecule has 0 unspecified atom stereocenters. The molecule has 2 aliphatic heterocycles. The number of hydrogen-bond donors (Lipinski definition) is 1. The molecule has 3 heterocycles. The summed E-state index contributed by atoms with van der Waals surface area (Å²) in [6.45, 7) is 5.90. The van der Waals surface area contributed by atoms with Gasteiger partial charge >= 0.3 is 0 Å². The number of piperidine rings is 1. The van der Waals surface area contributed by atoms with Crippen LogP contribution in [0.2, 0.25) is 0 Å². The summed E-state index contributed by atoms with van der Waals surface area (Å²) in [5.74, 6) is 0.881. The summed E-state index contributed by atoms with van der Waals surface area (Å²) < 4.78 is 11.6. The van der Waals surface area contributed by atoms with Gasteiger partial charge in [-0.25, -0.2) is 0 Å². The summed E-state index contributed by atoms with van der Waals surface area (Å²) in [5, 5.41) is 3.62. The molecule has 0 saturated carbocycles. The topological polar surface area (TPSA) is 46.6 Å². The summed E-state index contributed by atoms with van der Waals surface area (Å²) in [6.07, 6.45) is 3.25. The fourth-order valence-corrected chi connectivity index (χ4v) is 4.27. The zero-order valence-electron chi connectivity index (χ0n) is 16.3. The Kier molecular flexibility index (Phi) is 5.32. The van der Waals surface area contributed by atoms with Crippen LogP contribution < -0.4 is 10.1 Å². The Morgan fingerprint density at radius 3 is 2.81 bits per heavy atom. The Morgan fingerprint density at radius 1 is 1.22 bits per heavy atom. The second kappa shape index (κ2) is 7.87. The number of nitrogens with zero attached hydrogens (tertiary/aromatic N) is 2. The second-order valence-electron chi connectivity index (χ2n) is 7.82. The van der Waals surface area contributed by atoms with Gasteiger partial charge < -0.3 is 14.8 Å². The van der Waals surface area contributed by atoms with Gasteiger partial charge in [-0.05, 0) is 50.5 Å². The zero-order chi connectivity index (χ0) is 18.7. The van der Waals surface area contributed by atoms with Crippen LogP contribution in [0.15, 0.2) is 42.5 Å². The minimum atomic E-state index is 0.0348. The van der Waals surface area contributed by atoms with Crippen LogP contribution in [0.5, 0.6) is 5.75 Å². The number of pyridine rings is 1. The molecule has 0 amide bonds. The van der Waals surface area contributed by atoms with E-state index in [1.54, 1.807) is 7.11 Å². The van der Waals surface area contributed by atoms with E-state index < -0.39 is 0 Å². The maximum atomic E-state index is 6.30. The molecule has 1 aromatic carbocycles. The molecular weight excluding hydrogens is 338 g/mol. The van der Waals surface area contributed by atoms with Gasteiger partial charge in [0.05, 0.1) is 31.1 Å². The first kappa shape index (κ1) is 18.3. The summed E-state index contributed by atoms with van der Waals surface area (Å²) in [6, 6.07) is 14.8. The Bertz CT molecular complexity index is 772. The van der Waals surface area contributed by atoms with Crippen molar-refractivity contribution in [2.75, 3.05) is 32.1 Å². The van der Waals surface area contributed by atoms with Crippen molar-refractivity contribution >= 4 is 5.69 Å². The van der Waals surface area contributed by atoms with Gasteiger partial charge in [-0.2, -0.15) is 0 Å². The van der Waals surface area contributed by atoms with Gasteiger partial charge in [0.15, 0.2) is 0 Å². The van der Waals surface area contributed by atoms with Crippen LogP contribution in [0, 0.1) is 6.92 Å². The van der Waals surface area contributed by atoms with E-state index in [0.29, 0.717) is 6.04 Å². The van der Waals surface area contributed by atoms with Crippen LogP contribution in [0.1, 0.15) is 30.7 Å². The van der Waals surface area contributed by atoms with E-state index in [2.05, 4.69) is 46.4 Å². The van der Waals surface area contributed by atoms with Gasteiger partial charge in [0.2, 0.25) is 0 Å². The molecule has 0 bridgehead atoms. The van der Waals surface area contributed by atoms with E-state index in [9.17, 15) is 0 Å². The fraction of sp³-hybridized carbons (Fsp3) is 0.500. The third-order valence-electron chi connectivity index (χ3n) is 5.75. The first-order valence-electron chi connectivity index (χ1n) is 9.84. The molecule has 1 N–H and O–H groups in total. The highest BCUT2D eigenvalue weighted by Crippen LogP contribution is 2.37. The number of nitrogens with one attached hydrogen (secondary N) is 1. The van der Waals surface area contributed by atoms with Crippen molar-refractivity contribution in [2.45, 2.75) is 44.4 Å². The highest BCUT2D eigenvalue weighted by atomic mass is 16.5. The summed E-state index contributed by atoms with van der Waals surface area (Å²) in [4.78, 5) is 7.14. The Labute approximate surface area is 161 Å². The number of methoxy groups -OCH3 is 1. The van der Waals surface area contributed by atoms with Crippen LogP contribution >= 0.6 is 0 Å². The summed E-state index contributed by atoms with van der Waals surface area (Å²) >= 11 is 0. The van der Waals surface area contributed by atoms with Gasteiger partial charge in [0.1, 0.15) is 5.75 Å². The molecule has 144 valence electrons. The van der Waals surface area contributed by atoms with Crippen molar-refractivity contribution in [3.05, 3.63) is 53.9 Å². The molecule has 0 aliphatic carbocycles. The number of ether oxygens (including phenoxy) is 2. The van der Waals surface area contributed by atoms with E-state index in [4.69, 9.17) is 9.47 Å². The second-order valence-corrected chi connectivity index (χ2v) is 7.82. The highest BCUT2D eigenvalue weighted by Gasteiger charge is 2.42. The minimum absolute atomic E-state index is 0.0348. The first-order valence-corrected chi connectivity index (χ1v) is 9.84. The van der Waals surface area contributed by atoms with Crippen LogP contribution in [0.3, 0.4) is 0 Å². The van der Waals surface area contributed by atoms with E-state index in [-0.39, 0.29) is 5.60 Å². The SMILES string of the molecule is COc1cccc(N[C@H]2COC3(CCN(Cc4cccc(C)n4)CC3)C2)c1. The van der Waals surface area contributed by atoms with Gasteiger partial charge in [-0.1, -0.05) is 12.1 Å².